The number of aryl methyl sites for hydroxylation is 1. The van der Waals surface area contributed by atoms with E-state index >= 15 is 0 Å². The lowest BCUT2D eigenvalue weighted by molar-refractivity contribution is -0.0230. The first-order valence-electron chi connectivity index (χ1n) is 8.22. The second kappa shape index (κ2) is 6.29. The van der Waals surface area contributed by atoms with E-state index in [9.17, 15) is 9.18 Å². The molecule has 1 N–H and O–H groups in total. The van der Waals surface area contributed by atoms with Crippen molar-refractivity contribution in [2.24, 2.45) is 0 Å². The molecule has 0 saturated carbocycles. The number of hydrogen-bond donors (Lipinski definition) is 1. The van der Waals surface area contributed by atoms with Crippen LogP contribution in [0.1, 0.15) is 27.8 Å². The third-order valence-electron chi connectivity index (χ3n) is 4.48. The van der Waals surface area contributed by atoms with Crippen LogP contribution in [0.4, 0.5) is 4.39 Å². The first kappa shape index (κ1) is 15.8. The van der Waals surface area contributed by atoms with E-state index in [-0.39, 0.29) is 17.8 Å². The predicted octanol–water partition coefficient (Wildman–Crippen LogP) is 3.22. The molecule has 2 aromatic heterocycles. The van der Waals surface area contributed by atoms with Gasteiger partial charge in [-0.1, -0.05) is 12.1 Å². The van der Waals surface area contributed by atoms with Gasteiger partial charge in [0.2, 0.25) is 0 Å². The molecular weight excluding hydrogens is 321 g/mol. The Labute approximate surface area is 144 Å². The smallest absolute Gasteiger partial charge is 0.270 e. The predicted molar refractivity (Wildman–Crippen MR) is 91.8 cm³/mol. The molecular formula is C19H18FN3O2. The largest absolute Gasteiger partial charge is 0.370 e. The number of amides is 1. The molecule has 25 heavy (non-hydrogen) atoms. The van der Waals surface area contributed by atoms with Crippen molar-refractivity contribution in [3.8, 4) is 0 Å². The van der Waals surface area contributed by atoms with Gasteiger partial charge in [-0.05, 0) is 36.8 Å². The monoisotopic (exact) mass is 339 g/mol. The number of ether oxygens (including phenoxy) is 1. The maximum atomic E-state index is 13.8. The van der Waals surface area contributed by atoms with Crippen LogP contribution in [0.15, 0.2) is 42.6 Å². The molecule has 0 bridgehead atoms. The summed E-state index contributed by atoms with van der Waals surface area (Å²) in [6, 6.07) is 10.4. The fourth-order valence-electron chi connectivity index (χ4n) is 3.21. The van der Waals surface area contributed by atoms with E-state index in [1.807, 2.05) is 19.1 Å². The molecule has 4 rings (SSSR count). The molecule has 128 valence electrons. The number of benzene rings is 1. The summed E-state index contributed by atoms with van der Waals surface area (Å²) in [4.78, 5) is 21.7. The lowest BCUT2D eigenvalue weighted by Gasteiger charge is -2.33. The number of carbonyl (C=O) groups is 1. The average molecular weight is 339 g/mol. The molecule has 0 spiro atoms. The van der Waals surface area contributed by atoms with Gasteiger partial charge in [0.15, 0.2) is 0 Å². The van der Waals surface area contributed by atoms with Crippen LogP contribution in [0, 0.1) is 12.7 Å². The van der Waals surface area contributed by atoms with Gasteiger partial charge in [0.1, 0.15) is 17.6 Å². The molecule has 1 amide bonds. The number of hydrogen-bond acceptors (Lipinski definition) is 3. The normalized spacial score (nSPS) is 17.8. The summed E-state index contributed by atoms with van der Waals surface area (Å²) in [6.07, 6.45) is 1.57. The van der Waals surface area contributed by atoms with Gasteiger partial charge < -0.3 is 14.6 Å². The number of nitrogens with zero attached hydrogens (tertiary/aromatic N) is 2. The molecule has 1 fully saturated rings. The fourth-order valence-corrected chi connectivity index (χ4v) is 3.21. The van der Waals surface area contributed by atoms with Crippen molar-refractivity contribution in [2.45, 2.75) is 13.0 Å². The van der Waals surface area contributed by atoms with Crippen molar-refractivity contribution in [2.75, 3.05) is 19.7 Å². The molecule has 0 aliphatic carbocycles. The second-order valence-electron chi connectivity index (χ2n) is 6.23. The van der Waals surface area contributed by atoms with E-state index < -0.39 is 0 Å². The van der Waals surface area contributed by atoms with Crippen LogP contribution in [-0.2, 0) is 4.74 Å². The van der Waals surface area contributed by atoms with Crippen LogP contribution in [0.5, 0.6) is 0 Å². The number of nitrogens with one attached hydrogen (secondary N) is 1. The van der Waals surface area contributed by atoms with Crippen LogP contribution in [0.2, 0.25) is 0 Å². The van der Waals surface area contributed by atoms with Crippen molar-refractivity contribution in [1.29, 1.82) is 0 Å². The van der Waals surface area contributed by atoms with Gasteiger partial charge >= 0.3 is 0 Å². The van der Waals surface area contributed by atoms with E-state index in [1.54, 1.807) is 29.3 Å². The highest BCUT2D eigenvalue weighted by atomic mass is 19.1. The Balaban J connectivity index is 1.57. The van der Waals surface area contributed by atoms with Crippen LogP contribution in [-0.4, -0.2) is 40.5 Å². The Morgan fingerprint density at radius 1 is 1.36 bits per heavy atom. The van der Waals surface area contributed by atoms with Crippen LogP contribution in [0.25, 0.3) is 10.9 Å². The molecule has 3 heterocycles. The van der Waals surface area contributed by atoms with E-state index in [2.05, 4.69) is 9.97 Å². The van der Waals surface area contributed by atoms with Crippen molar-refractivity contribution in [3.63, 3.8) is 0 Å². The topological polar surface area (TPSA) is 58.2 Å². The minimum atomic E-state index is -0.358. The van der Waals surface area contributed by atoms with E-state index in [4.69, 9.17) is 4.74 Å². The molecule has 0 radical (unpaired) electrons. The Hall–Kier alpha value is -2.73. The van der Waals surface area contributed by atoms with E-state index in [0.29, 0.717) is 36.3 Å². The maximum absolute atomic E-state index is 13.8. The van der Waals surface area contributed by atoms with Crippen molar-refractivity contribution in [3.05, 3.63) is 65.4 Å². The molecule has 5 nitrogen and oxygen atoms in total. The first-order chi connectivity index (χ1) is 12.1. The highest BCUT2D eigenvalue weighted by Crippen LogP contribution is 2.25. The Bertz CT molecular complexity index is 937. The van der Waals surface area contributed by atoms with Gasteiger partial charge in [-0.15, -0.1) is 0 Å². The number of para-hydroxylation sites is 1. The third kappa shape index (κ3) is 3.00. The number of morpholine rings is 1. The fraction of sp³-hybridized carbons (Fsp3) is 0.263. The quantitative estimate of drug-likeness (QED) is 0.780. The summed E-state index contributed by atoms with van der Waals surface area (Å²) in [6.45, 7) is 3.36. The first-order valence-corrected chi connectivity index (χ1v) is 8.22. The summed E-state index contributed by atoms with van der Waals surface area (Å²) >= 11 is 0. The summed E-state index contributed by atoms with van der Waals surface area (Å²) < 4.78 is 19.7. The van der Waals surface area contributed by atoms with Crippen molar-refractivity contribution in [1.82, 2.24) is 14.9 Å². The van der Waals surface area contributed by atoms with Crippen molar-refractivity contribution >= 4 is 16.8 Å². The Morgan fingerprint density at radius 3 is 3.04 bits per heavy atom. The number of halogens is 1. The second-order valence-corrected chi connectivity index (χ2v) is 6.23. The molecule has 1 aliphatic rings. The molecule has 3 aromatic rings. The van der Waals surface area contributed by atoms with Gasteiger partial charge in [0, 0.05) is 23.8 Å². The minimum absolute atomic E-state index is 0.144. The van der Waals surface area contributed by atoms with Gasteiger partial charge in [-0.2, -0.15) is 0 Å². The zero-order chi connectivity index (χ0) is 17.4. The van der Waals surface area contributed by atoms with Crippen LogP contribution >= 0.6 is 0 Å². The Kier molecular flexibility index (Phi) is 3.97. The van der Waals surface area contributed by atoms with Crippen molar-refractivity contribution < 1.29 is 13.9 Å². The molecule has 1 aromatic carbocycles. The molecule has 1 atom stereocenters. The van der Waals surface area contributed by atoms with Crippen LogP contribution < -0.4 is 0 Å². The Morgan fingerprint density at radius 2 is 2.24 bits per heavy atom. The number of fused-ring (bicyclic) bond motifs is 1. The zero-order valence-corrected chi connectivity index (χ0v) is 13.8. The minimum Gasteiger partial charge on any atom is -0.370 e. The highest BCUT2D eigenvalue weighted by Gasteiger charge is 2.27. The maximum Gasteiger partial charge on any atom is 0.270 e. The number of aromatic nitrogens is 2. The number of aromatic amines is 1. The molecule has 0 unspecified atom stereocenters. The highest BCUT2D eigenvalue weighted by molar-refractivity contribution is 5.98. The van der Waals surface area contributed by atoms with Gasteiger partial charge in [0.05, 0.1) is 18.7 Å². The SMILES string of the molecule is Cc1cc([C@H]2CN(C(=O)c3cc4cccc(F)c4[nH]3)CCO2)ccn1. The molecule has 1 saturated heterocycles. The lowest BCUT2D eigenvalue weighted by Crippen LogP contribution is -2.42. The summed E-state index contributed by atoms with van der Waals surface area (Å²) in [5, 5.41) is 0.693. The molecule has 1 aliphatic heterocycles. The van der Waals surface area contributed by atoms with Gasteiger partial charge in [-0.3, -0.25) is 9.78 Å². The number of rotatable bonds is 2. The number of carbonyl (C=O) groups excluding carboxylic acids is 1. The van der Waals surface area contributed by atoms with Gasteiger partial charge in [0.25, 0.3) is 5.91 Å². The number of H-pyrrole nitrogens is 1. The van der Waals surface area contributed by atoms with E-state index in [0.717, 1.165) is 11.3 Å². The lowest BCUT2D eigenvalue weighted by atomic mass is 10.1. The molecule has 6 heteroatoms. The summed E-state index contributed by atoms with van der Waals surface area (Å²) in [5.74, 6) is -0.502. The van der Waals surface area contributed by atoms with Crippen LogP contribution in [0.3, 0.4) is 0 Å². The van der Waals surface area contributed by atoms with Gasteiger partial charge in [-0.25, -0.2) is 4.39 Å². The van der Waals surface area contributed by atoms with E-state index in [1.165, 1.54) is 6.07 Å². The zero-order valence-electron chi connectivity index (χ0n) is 13.8. The summed E-state index contributed by atoms with van der Waals surface area (Å²) in [5.41, 5.74) is 2.68. The average Bonchev–Trinajstić information content (AvgIpc) is 3.07. The third-order valence-corrected chi connectivity index (χ3v) is 4.48. The number of pyridine rings is 1. The standard InChI is InChI=1S/C19H18FN3O2/c1-12-9-13(5-6-21-12)17-11-23(7-8-25-17)19(24)16-10-14-3-2-4-15(20)18(14)22-16/h2-6,9-10,17,22H,7-8,11H2,1H3/t17-/m1/s1. The summed E-state index contributed by atoms with van der Waals surface area (Å²) in [7, 11) is 0.